The van der Waals surface area contributed by atoms with E-state index in [1.165, 1.54) is 7.11 Å². The van der Waals surface area contributed by atoms with Crippen LogP contribution in [0.2, 0.25) is 0 Å². The summed E-state index contributed by atoms with van der Waals surface area (Å²) in [6.07, 6.45) is 2.17. The Bertz CT molecular complexity index is 723. The molecule has 4 nitrogen and oxygen atoms in total. The molecule has 1 N–H and O–H groups in total. The van der Waals surface area contributed by atoms with E-state index in [2.05, 4.69) is 34.5 Å². The number of ether oxygens (including phenoxy) is 1. The van der Waals surface area contributed by atoms with Crippen LogP contribution in [-0.4, -0.2) is 18.9 Å². The van der Waals surface area contributed by atoms with E-state index in [-0.39, 0.29) is 17.7 Å². The van der Waals surface area contributed by atoms with Gasteiger partial charge >= 0.3 is 5.97 Å². The normalized spacial score (nSPS) is 24.1. The molecule has 1 aromatic carbocycles. The number of allylic oxidation sites excluding steroid dienone is 2. The number of benzene rings is 1. The van der Waals surface area contributed by atoms with Gasteiger partial charge in [-0.25, -0.2) is 0 Å². The first-order chi connectivity index (χ1) is 11.0. The molecule has 2 atom stereocenters. The van der Waals surface area contributed by atoms with Gasteiger partial charge < -0.3 is 10.1 Å². The van der Waals surface area contributed by atoms with Crippen LogP contribution in [0.25, 0.3) is 0 Å². The highest BCUT2D eigenvalue weighted by Gasteiger charge is 2.44. The van der Waals surface area contributed by atoms with E-state index in [0.29, 0.717) is 12.1 Å². The van der Waals surface area contributed by atoms with Gasteiger partial charge in [0.1, 0.15) is 5.92 Å². The van der Waals surface area contributed by atoms with Gasteiger partial charge in [-0.1, -0.05) is 24.8 Å². The summed E-state index contributed by atoms with van der Waals surface area (Å²) in [6.45, 7) is 4.03. The van der Waals surface area contributed by atoms with Crippen LogP contribution in [0.15, 0.2) is 47.8 Å². The second-order valence-electron chi connectivity index (χ2n) is 5.82. The molecule has 2 unspecified atom stereocenters. The number of rotatable bonds is 2. The fraction of sp³-hybridized carbons (Fsp3) is 0.333. The molecule has 120 valence electrons. The lowest BCUT2D eigenvalue weighted by Crippen LogP contribution is -2.41. The number of carbonyl (C=O) groups excluding carboxylic acids is 2. The number of hydrogen-bond acceptors (Lipinski definition) is 4. The van der Waals surface area contributed by atoms with E-state index in [1.54, 1.807) is 0 Å². The first kappa shape index (κ1) is 16.2. The predicted octanol–water partition coefficient (Wildman–Crippen LogP) is 3.29. The minimum atomic E-state index is -0.586. The van der Waals surface area contributed by atoms with E-state index in [4.69, 9.17) is 4.74 Å². The monoisotopic (exact) mass is 423 g/mol. The lowest BCUT2D eigenvalue weighted by Gasteiger charge is -2.38. The number of carbonyl (C=O) groups is 2. The van der Waals surface area contributed by atoms with Crippen molar-refractivity contribution >= 4 is 34.3 Å². The average Bonchev–Trinajstić information content (AvgIpc) is 2.54. The fourth-order valence-electron chi connectivity index (χ4n) is 3.46. The smallest absolute Gasteiger partial charge is 0.315 e. The Morgan fingerprint density at radius 3 is 2.78 bits per heavy atom. The molecule has 0 saturated carbocycles. The molecular weight excluding hydrogens is 405 g/mol. The highest BCUT2D eigenvalue weighted by atomic mass is 127. The summed E-state index contributed by atoms with van der Waals surface area (Å²) in [5.74, 6) is -1.16. The third-order valence-corrected chi connectivity index (χ3v) is 5.47. The van der Waals surface area contributed by atoms with Gasteiger partial charge in [-0.05, 0) is 47.1 Å². The minimum Gasteiger partial charge on any atom is -0.468 e. The largest absolute Gasteiger partial charge is 0.468 e. The summed E-state index contributed by atoms with van der Waals surface area (Å²) in [5, 5.41) is 3.19. The van der Waals surface area contributed by atoms with Crippen LogP contribution in [0.5, 0.6) is 0 Å². The predicted molar refractivity (Wildman–Crippen MR) is 95.6 cm³/mol. The Balaban J connectivity index is 2.21. The Labute approximate surface area is 149 Å². The molecule has 5 heteroatoms. The number of methoxy groups -OCH3 is 1. The number of esters is 1. The molecule has 0 fully saturated rings. The standard InChI is InChI=1S/C18H18INO3/c1-10-15(18(22)23-2)16(11-6-3-4-7-12(11)19)17-13(20-10)8-5-9-14(17)21/h3-4,6-7,15-16,20H,1,5,8-9H2,2H3. The zero-order valence-electron chi connectivity index (χ0n) is 12.9. The highest BCUT2D eigenvalue weighted by Crippen LogP contribution is 2.45. The van der Waals surface area contributed by atoms with Crippen LogP contribution < -0.4 is 5.32 Å². The molecule has 2 aliphatic rings. The number of nitrogens with one attached hydrogen (secondary N) is 1. The van der Waals surface area contributed by atoms with Gasteiger partial charge in [-0.15, -0.1) is 0 Å². The van der Waals surface area contributed by atoms with Crippen LogP contribution in [0.3, 0.4) is 0 Å². The summed E-state index contributed by atoms with van der Waals surface area (Å²) >= 11 is 2.25. The van der Waals surface area contributed by atoms with Gasteiger partial charge in [-0.2, -0.15) is 0 Å². The van der Waals surface area contributed by atoms with Crippen molar-refractivity contribution in [3.05, 3.63) is 56.9 Å². The van der Waals surface area contributed by atoms with Gasteiger partial charge in [-0.3, -0.25) is 9.59 Å². The van der Waals surface area contributed by atoms with Crippen molar-refractivity contribution in [2.45, 2.75) is 25.2 Å². The summed E-state index contributed by atoms with van der Waals surface area (Å²) in [6, 6.07) is 7.85. The van der Waals surface area contributed by atoms with Gasteiger partial charge in [0.25, 0.3) is 0 Å². The first-order valence-corrected chi connectivity index (χ1v) is 8.66. The van der Waals surface area contributed by atoms with Gasteiger partial charge in [0.2, 0.25) is 0 Å². The summed E-state index contributed by atoms with van der Waals surface area (Å²) in [5.41, 5.74) is 3.23. The third kappa shape index (κ3) is 2.82. The van der Waals surface area contributed by atoms with Crippen molar-refractivity contribution < 1.29 is 14.3 Å². The number of halogens is 1. The van der Waals surface area contributed by atoms with Crippen molar-refractivity contribution in [3.63, 3.8) is 0 Å². The maximum Gasteiger partial charge on any atom is 0.315 e. The number of ketones is 1. The summed E-state index contributed by atoms with van der Waals surface area (Å²) < 4.78 is 6.02. The van der Waals surface area contributed by atoms with Gasteiger partial charge in [0.15, 0.2) is 5.78 Å². The van der Waals surface area contributed by atoms with E-state index in [0.717, 1.165) is 33.2 Å². The zero-order chi connectivity index (χ0) is 16.6. The zero-order valence-corrected chi connectivity index (χ0v) is 15.1. The third-order valence-electron chi connectivity index (χ3n) is 4.48. The van der Waals surface area contributed by atoms with E-state index in [9.17, 15) is 9.59 Å². The Kier molecular flexibility index (Phi) is 4.57. The Morgan fingerprint density at radius 2 is 2.09 bits per heavy atom. The Hall–Kier alpha value is -1.63. The second-order valence-corrected chi connectivity index (χ2v) is 6.98. The quantitative estimate of drug-likeness (QED) is 0.586. The topological polar surface area (TPSA) is 55.4 Å². The molecule has 0 radical (unpaired) electrons. The Morgan fingerprint density at radius 1 is 1.35 bits per heavy atom. The molecule has 0 aromatic heterocycles. The summed E-state index contributed by atoms with van der Waals surface area (Å²) in [7, 11) is 1.37. The van der Waals surface area contributed by atoms with Crippen LogP contribution >= 0.6 is 22.6 Å². The van der Waals surface area contributed by atoms with Crippen molar-refractivity contribution in [2.75, 3.05) is 7.11 Å². The fourth-order valence-corrected chi connectivity index (χ4v) is 4.18. The van der Waals surface area contributed by atoms with Crippen LogP contribution in [0, 0.1) is 9.49 Å². The van der Waals surface area contributed by atoms with Crippen molar-refractivity contribution in [1.29, 1.82) is 0 Å². The van der Waals surface area contributed by atoms with Crippen LogP contribution in [0.4, 0.5) is 0 Å². The first-order valence-electron chi connectivity index (χ1n) is 7.59. The van der Waals surface area contributed by atoms with Crippen molar-refractivity contribution in [3.8, 4) is 0 Å². The summed E-state index contributed by atoms with van der Waals surface area (Å²) in [4.78, 5) is 25.0. The molecule has 0 spiro atoms. The molecular formula is C18H18INO3. The molecule has 1 aliphatic heterocycles. The maximum atomic E-state index is 12.6. The van der Waals surface area contributed by atoms with Crippen molar-refractivity contribution in [2.24, 2.45) is 5.92 Å². The van der Waals surface area contributed by atoms with Crippen LogP contribution in [-0.2, 0) is 14.3 Å². The maximum absolute atomic E-state index is 12.6. The van der Waals surface area contributed by atoms with E-state index in [1.807, 2.05) is 24.3 Å². The molecule has 0 saturated heterocycles. The lowest BCUT2D eigenvalue weighted by molar-refractivity contribution is -0.144. The average molecular weight is 423 g/mol. The molecule has 1 aromatic rings. The molecule has 1 heterocycles. The van der Waals surface area contributed by atoms with Crippen molar-refractivity contribution in [1.82, 2.24) is 5.32 Å². The van der Waals surface area contributed by atoms with Gasteiger partial charge in [0.05, 0.1) is 7.11 Å². The second kappa shape index (κ2) is 6.47. The van der Waals surface area contributed by atoms with E-state index >= 15 is 0 Å². The SMILES string of the molecule is C=C1NC2=C(C(=O)CCC2)C(c2ccccc2I)C1C(=O)OC. The van der Waals surface area contributed by atoms with Gasteiger partial charge in [0, 0.05) is 32.9 Å². The molecule has 1 aliphatic carbocycles. The molecule has 0 amide bonds. The lowest BCUT2D eigenvalue weighted by atomic mass is 9.71. The number of Topliss-reactive ketones (excluding diaryl/α,β-unsaturated/α-hetero) is 1. The van der Waals surface area contributed by atoms with E-state index < -0.39 is 5.92 Å². The molecule has 3 rings (SSSR count). The minimum absolute atomic E-state index is 0.116. The highest BCUT2D eigenvalue weighted by molar-refractivity contribution is 14.1. The number of hydrogen-bond donors (Lipinski definition) is 1. The molecule has 23 heavy (non-hydrogen) atoms. The van der Waals surface area contributed by atoms with Crippen LogP contribution in [0.1, 0.15) is 30.7 Å². The molecule has 0 bridgehead atoms.